The second-order valence-electron chi connectivity index (χ2n) is 13.4. The van der Waals surface area contributed by atoms with Gasteiger partial charge in [-0.3, -0.25) is 14.9 Å². The summed E-state index contributed by atoms with van der Waals surface area (Å²) >= 11 is 0. The fourth-order valence-corrected chi connectivity index (χ4v) is 5.92. The van der Waals surface area contributed by atoms with Crippen LogP contribution in [-0.4, -0.2) is 33.6 Å². The molecule has 0 aliphatic heterocycles. The van der Waals surface area contributed by atoms with E-state index in [0.717, 1.165) is 11.3 Å². The van der Waals surface area contributed by atoms with Crippen LogP contribution in [0.4, 0.5) is 5.69 Å². The number of hydrogen-bond donors (Lipinski definition) is 0. The summed E-state index contributed by atoms with van der Waals surface area (Å²) in [6.45, 7) is 23.4. The molecule has 0 saturated heterocycles. The molecule has 0 aliphatic rings. The molecule has 10 nitrogen and oxygen atoms in total. The van der Waals surface area contributed by atoms with Crippen LogP contribution in [0.3, 0.4) is 0 Å². The molecule has 41 heavy (non-hydrogen) atoms. The summed E-state index contributed by atoms with van der Waals surface area (Å²) in [6.07, 6.45) is -0.585. The number of esters is 1. The summed E-state index contributed by atoms with van der Waals surface area (Å²) in [6, 6.07) is 11.6. The third-order valence-corrected chi connectivity index (χ3v) is 17.1. The number of carbonyl (C=O) groups excluding carboxylic acids is 1. The van der Waals surface area contributed by atoms with E-state index >= 15 is 0 Å². The standard InChI is InChI=1S/C29H44N4O6Si2/c1-20(25(31-32-30)27(34)37-23-18-14-22(15-19-23)33(35)36)26(39-41(10,11)29(5,6)7)21-12-16-24(17-13-21)38-40(8,9)28(2,3)4/h12-20,25-26H,1-11H3/t20-,25-,26-/m0/s1. The molecule has 3 atom stereocenters. The first-order valence-corrected chi connectivity index (χ1v) is 19.5. The molecule has 0 fully saturated rings. The van der Waals surface area contributed by atoms with Gasteiger partial charge in [-0.15, -0.1) is 0 Å². The Hall–Kier alpha value is -3.19. The molecule has 0 bridgehead atoms. The average Bonchev–Trinajstić information content (AvgIpc) is 2.84. The Labute approximate surface area is 245 Å². The minimum absolute atomic E-state index is 0.0424. The molecular formula is C29H44N4O6Si2. The quantitative estimate of drug-likeness (QED) is 0.0369. The molecule has 0 amide bonds. The van der Waals surface area contributed by atoms with Crippen LogP contribution in [0.25, 0.3) is 10.4 Å². The predicted molar refractivity (Wildman–Crippen MR) is 166 cm³/mol. The van der Waals surface area contributed by atoms with Crippen molar-refractivity contribution < 1.29 is 23.3 Å². The number of nitro groups is 1. The van der Waals surface area contributed by atoms with E-state index in [1.165, 1.54) is 24.3 Å². The lowest BCUT2D eigenvalue weighted by Crippen LogP contribution is -2.45. The van der Waals surface area contributed by atoms with Gasteiger partial charge in [-0.2, -0.15) is 0 Å². The number of carbonyl (C=O) groups is 1. The first-order chi connectivity index (χ1) is 18.7. The molecule has 0 heterocycles. The second kappa shape index (κ2) is 12.8. The number of nitro benzene ring substituents is 1. The zero-order valence-electron chi connectivity index (χ0n) is 26.1. The van der Waals surface area contributed by atoms with Crippen LogP contribution in [0, 0.1) is 16.0 Å². The van der Waals surface area contributed by atoms with E-state index in [-0.39, 0.29) is 21.5 Å². The van der Waals surface area contributed by atoms with Gasteiger partial charge in [-0.05, 0) is 71.6 Å². The van der Waals surface area contributed by atoms with Crippen LogP contribution >= 0.6 is 0 Å². The first kappa shape index (κ1) is 34.0. The largest absolute Gasteiger partial charge is 0.544 e. The molecular weight excluding hydrogens is 557 g/mol. The smallest absolute Gasteiger partial charge is 0.320 e. The Morgan fingerprint density at radius 3 is 1.83 bits per heavy atom. The van der Waals surface area contributed by atoms with Crippen LogP contribution in [0.5, 0.6) is 11.5 Å². The molecule has 0 saturated carbocycles. The molecule has 2 rings (SSSR count). The number of non-ortho nitro benzene ring substituents is 1. The lowest BCUT2D eigenvalue weighted by atomic mass is 9.91. The van der Waals surface area contributed by atoms with Gasteiger partial charge in [0.2, 0.25) is 8.32 Å². The molecule has 0 aliphatic carbocycles. The van der Waals surface area contributed by atoms with Crippen molar-refractivity contribution in [3.63, 3.8) is 0 Å². The monoisotopic (exact) mass is 600 g/mol. The fraction of sp³-hybridized carbons (Fsp3) is 0.552. The highest BCUT2D eigenvalue weighted by atomic mass is 28.4. The van der Waals surface area contributed by atoms with Crippen LogP contribution in [0.2, 0.25) is 36.3 Å². The van der Waals surface area contributed by atoms with Gasteiger partial charge in [0.15, 0.2) is 8.32 Å². The van der Waals surface area contributed by atoms with Gasteiger partial charge < -0.3 is 13.6 Å². The highest BCUT2D eigenvalue weighted by Crippen LogP contribution is 2.43. The van der Waals surface area contributed by atoms with Crippen molar-refractivity contribution in [2.24, 2.45) is 11.0 Å². The minimum atomic E-state index is -2.36. The Bertz CT molecular complexity index is 1260. The van der Waals surface area contributed by atoms with Crippen LogP contribution in [-0.2, 0) is 9.22 Å². The van der Waals surface area contributed by atoms with Crippen molar-refractivity contribution >= 4 is 28.3 Å². The molecule has 0 unspecified atom stereocenters. The lowest BCUT2D eigenvalue weighted by Gasteiger charge is -2.42. The Balaban J connectivity index is 2.46. The second-order valence-corrected chi connectivity index (χ2v) is 22.9. The molecule has 2 aromatic rings. The van der Waals surface area contributed by atoms with E-state index in [1.807, 2.05) is 24.3 Å². The SMILES string of the molecule is C[C@@H]([C@H](N=[N+]=[N-])C(=O)Oc1ccc([N+](=O)[O-])cc1)[C@H](O[Si](C)(C)C(C)(C)C)c1ccc(O[Si](C)(C)C(C)(C)C)cc1. The normalized spacial score (nSPS) is 14.8. The topological polar surface area (TPSA) is 137 Å². The average molecular weight is 601 g/mol. The van der Waals surface area contributed by atoms with Gasteiger partial charge in [0.1, 0.15) is 17.5 Å². The van der Waals surface area contributed by atoms with E-state index in [9.17, 15) is 20.4 Å². The minimum Gasteiger partial charge on any atom is -0.544 e. The number of benzene rings is 2. The van der Waals surface area contributed by atoms with E-state index < -0.39 is 45.6 Å². The lowest BCUT2D eigenvalue weighted by molar-refractivity contribution is -0.384. The van der Waals surface area contributed by atoms with Crippen LogP contribution < -0.4 is 9.16 Å². The van der Waals surface area contributed by atoms with Gasteiger partial charge >= 0.3 is 5.97 Å². The van der Waals surface area contributed by atoms with Crippen molar-refractivity contribution in [3.05, 3.63) is 74.7 Å². The van der Waals surface area contributed by atoms with E-state index in [4.69, 9.17) is 13.6 Å². The van der Waals surface area contributed by atoms with Crippen molar-refractivity contribution in [2.75, 3.05) is 0 Å². The van der Waals surface area contributed by atoms with Crippen molar-refractivity contribution in [1.82, 2.24) is 0 Å². The zero-order chi connectivity index (χ0) is 31.4. The number of rotatable bonds is 11. The van der Waals surface area contributed by atoms with E-state index in [0.29, 0.717) is 0 Å². The van der Waals surface area contributed by atoms with E-state index in [2.05, 4.69) is 77.8 Å². The van der Waals surface area contributed by atoms with Crippen LogP contribution in [0.1, 0.15) is 60.1 Å². The van der Waals surface area contributed by atoms with Gasteiger partial charge in [0.25, 0.3) is 5.69 Å². The molecule has 0 aromatic heterocycles. The molecule has 224 valence electrons. The predicted octanol–water partition coefficient (Wildman–Crippen LogP) is 8.96. The van der Waals surface area contributed by atoms with Gasteiger partial charge in [-0.25, -0.2) is 0 Å². The molecule has 0 radical (unpaired) electrons. The summed E-state index contributed by atoms with van der Waals surface area (Å²) in [7, 11) is -4.40. The third-order valence-electron chi connectivity index (χ3n) is 8.27. The molecule has 0 spiro atoms. The maximum Gasteiger partial charge on any atom is 0.320 e. The maximum absolute atomic E-state index is 13.3. The maximum atomic E-state index is 13.3. The Morgan fingerprint density at radius 1 is 0.902 bits per heavy atom. The zero-order valence-corrected chi connectivity index (χ0v) is 28.1. The number of ether oxygens (including phenoxy) is 1. The summed E-state index contributed by atoms with van der Waals surface area (Å²) in [4.78, 5) is 26.6. The van der Waals surface area contributed by atoms with Crippen molar-refractivity contribution in [2.45, 2.75) is 96.9 Å². The van der Waals surface area contributed by atoms with Gasteiger partial charge in [0, 0.05) is 23.0 Å². The molecule has 12 heteroatoms. The highest BCUT2D eigenvalue weighted by molar-refractivity contribution is 6.75. The van der Waals surface area contributed by atoms with Gasteiger partial charge in [-0.1, -0.05) is 65.7 Å². The van der Waals surface area contributed by atoms with Crippen molar-refractivity contribution in [1.29, 1.82) is 0 Å². The summed E-state index contributed by atoms with van der Waals surface area (Å²) in [5, 5.41) is 14.7. The van der Waals surface area contributed by atoms with Crippen molar-refractivity contribution in [3.8, 4) is 11.5 Å². The van der Waals surface area contributed by atoms with Gasteiger partial charge in [0.05, 0.1) is 11.0 Å². The third kappa shape index (κ3) is 8.65. The fourth-order valence-electron chi connectivity index (χ4n) is 3.55. The number of hydrogen-bond acceptors (Lipinski definition) is 7. The van der Waals surface area contributed by atoms with E-state index in [1.54, 1.807) is 6.92 Å². The number of azide groups is 1. The Morgan fingerprint density at radius 2 is 1.39 bits per heavy atom. The molecule has 2 aromatic carbocycles. The van der Waals surface area contributed by atoms with Crippen LogP contribution in [0.15, 0.2) is 53.6 Å². The summed E-state index contributed by atoms with van der Waals surface area (Å²) < 4.78 is 18.8. The number of nitrogens with zero attached hydrogens (tertiary/aromatic N) is 4. The highest BCUT2D eigenvalue weighted by Gasteiger charge is 2.43. The first-order valence-electron chi connectivity index (χ1n) is 13.7. The summed E-state index contributed by atoms with van der Waals surface area (Å²) in [5.41, 5.74) is 10.0. The molecule has 0 N–H and O–H groups in total. The summed E-state index contributed by atoms with van der Waals surface area (Å²) in [5.74, 6) is -0.494. The Kier molecular flexibility index (Phi) is 10.6.